The minimum Gasteiger partial charge on any atom is -0.447 e. The van der Waals surface area contributed by atoms with Crippen molar-refractivity contribution >= 4 is 11.0 Å². The number of pyridine rings is 1. The van der Waals surface area contributed by atoms with Crippen LogP contribution in [0.25, 0.3) is 11.0 Å². The van der Waals surface area contributed by atoms with Gasteiger partial charge in [0.15, 0.2) is 0 Å². The monoisotopic (exact) mass is 214 g/mol. The van der Waals surface area contributed by atoms with Crippen LogP contribution < -0.4 is 0 Å². The zero-order valence-corrected chi connectivity index (χ0v) is 9.10. The highest BCUT2D eigenvalue weighted by atomic mass is 16.5. The number of rotatable bonds is 5. The van der Waals surface area contributed by atoms with Crippen LogP contribution in [0.2, 0.25) is 0 Å². The smallest absolute Gasteiger partial charge is 0.139 e. The molecular weight excluding hydrogens is 200 g/mol. The van der Waals surface area contributed by atoms with E-state index in [0.717, 1.165) is 25.0 Å². The fourth-order valence-electron chi connectivity index (χ4n) is 1.72. The summed E-state index contributed by atoms with van der Waals surface area (Å²) in [5, 5.41) is 1.18. The van der Waals surface area contributed by atoms with Crippen molar-refractivity contribution in [3.05, 3.63) is 30.6 Å². The third-order valence-corrected chi connectivity index (χ3v) is 2.50. The van der Waals surface area contributed by atoms with Gasteiger partial charge in [0, 0.05) is 24.3 Å². The van der Waals surface area contributed by atoms with E-state index in [-0.39, 0.29) is 0 Å². The number of aromatic nitrogens is 2. The molecule has 16 heavy (non-hydrogen) atoms. The molecule has 3 nitrogen and oxygen atoms in total. The van der Waals surface area contributed by atoms with Gasteiger partial charge in [-0.05, 0) is 31.0 Å². The van der Waals surface area contributed by atoms with E-state index in [2.05, 4.69) is 34.0 Å². The van der Waals surface area contributed by atoms with Gasteiger partial charge in [-0.3, -0.25) is 0 Å². The van der Waals surface area contributed by atoms with Gasteiger partial charge in [0.25, 0.3) is 0 Å². The molecule has 2 aromatic heterocycles. The fraction of sp³-hybridized carbons (Fsp3) is 0.308. The topological polar surface area (TPSA) is 27.1 Å². The second kappa shape index (κ2) is 5.22. The van der Waals surface area contributed by atoms with Gasteiger partial charge in [-0.1, -0.05) is 6.42 Å². The molecule has 2 rings (SSSR count). The van der Waals surface area contributed by atoms with Crippen LogP contribution in [0, 0.1) is 12.5 Å². The molecule has 0 aliphatic rings. The maximum absolute atomic E-state index is 4.99. The van der Waals surface area contributed by atoms with E-state index in [1.165, 1.54) is 5.39 Å². The summed E-state index contributed by atoms with van der Waals surface area (Å²) in [6.07, 6.45) is 13.1. The zero-order valence-electron chi connectivity index (χ0n) is 9.10. The molecule has 82 valence electrons. The first-order valence-corrected chi connectivity index (χ1v) is 5.39. The Morgan fingerprint density at radius 2 is 2.31 bits per heavy atom. The van der Waals surface area contributed by atoms with Crippen molar-refractivity contribution < 1.29 is 4.74 Å². The minimum atomic E-state index is 0.628. The Kier molecular flexibility index (Phi) is 3.45. The zero-order chi connectivity index (χ0) is 11.2. The number of hydrogen-bond donors (Lipinski definition) is 0. The van der Waals surface area contributed by atoms with Crippen molar-refractivity contribution in [3.8, 4) is 12.5 Å². The van der Waals surface area contributed by atoms with Gasteiger partial charge < -0.3 is 9.30 Å². The van der Waals surface area contributed by atoms with Gasteiger partial charge in [0.2, 0.25) is 0 Å². The third kappa shape index (κ3) is 2.34. The Bertz CT molecular complexity index is 496. The summed E-state index contributed by atoms with van der Waals surface area (Å²) in [4.78, 5) is 4.36. The predicted molar refractivity (Wildman–Crippen MR) is 63.8 cm³/mol. The van der Waals surface area contributed by atoms with Gasteiger partial charge in [-0.15, -0.1) is 0 Å². The Morgan fingerprint density at radius 3 is 3.19 bits per heavy atom. The summed E-state index contributed by atoms with van der Waals surface area (Å²) < 4.78 is 7.00. The molecule has 0 bridgehead atoms. The third-order valence-electron chi connectivity index (χ3n) is 2.50. The molecule has 0 aliphatic heterocycles. The number of nitrogens with zero attached hydrogens (tertiary/aromatic N) is 2. The van der Waals surface area contributed by atoms with Crippen LogP contribution in [-0.4, -0.2) is 16.2 Å². The van der Waals surface area contributed by atoms with Gasteiger partial charge in [-0.2, -0.15) is 0 Å². The van der Waals surface area contributed by atoms with Crippen LogP contribution >= 0.6 is 0 Å². The number of terminal acetylenes is 1. The molecule has 0 atom stereocenters. The van der Waals surface area contributed by atoms with Crippen molar-refractivity contribution in [1.29, 1.82) is 0 Å². The second-order valence-corrected chi connectivity index (χ2v) is 3.60. The standard InChI is InChI=1S/C13H14N2O/c1-2-16-11-4-3-9-15-10-7-12-6-5-8-14-13(12)15/h1,5-8,10H,3-4,9,11H2. The quantitative estimate of drug-likeness (QED) is 0.564. The average Bonchev–Trinajstić information content (AvgIpc) is 2.73. The molecule has 0 saturated heterocycles. The van der Waals surface area contributed by atoms with Crippen molar-refractivity contribution in [1.82, 2.24) is 9.55 Å². The van der Waals surface area contributed by atoms with Crippen molar-refractivity contribution in [2.75, 3.05) is 6.61 Å². The molecule has 0 aliphatic carbocycles. The lowest BCUT2D eigenvalue weighted by Gasteiger charge is -2.03. The van der Waals surface area contributed by atoms with E-state index < -0.39 is 0 Å². The maximum atomic E-state index is 4.99. The summed E-state index contributed by atoms with van der Waals surface area (Å²) in [5.41, 5.74) is 1.04. The summed E-state index contributed by atoms with van der Waals surface area (Å²) >= 11 is 0. The van der Waals surface area contributed by atoms with E-state index in [4.69, 9.17) is 11.2 Å². The molecule has 2 heterocycles. The molecule has 0 saturated carbocycles. The summed E-state index contributed by atoms with van der Waals surface area (Å²) in [7, 11) is 0. The molecule has 0 spiro atoms. The average molecular weight is 214 g/mol. The van der Waals surface area contributed by atoms with Crippen molar-refractivity contribution in [2.24, 2.45) is 0 Å². The minimum absolute atomic E-state index is 0.628. The molecule has 0 amide bonds. The number of ether oxygens (including phenoxy) is 1. The van der Waals surface area contributed by atoms with E-state index in [1.807, 2.05) is 12.3 Å². The highest BCUT2D eigenvalue weighted by Gasteiger charge is 2.00. The first-order valence-electron chi connectivity index (χ1n) is 5.39. The fourth-order valence-corrected chi connectivity index (χ4v) is 1.72. The van der Waals surface area contributed by atoms with E-state index in [9.17, 15) is 0 Å². The largest absolute Gasteiger partial charge is 0.447 e. The van der Waals surface area contributed by atoms with E-state index in [1.54, 1.807) is 0 Å². The van der Waals surface area contributed by atoms with Gasteiger partial charge in [0.05, 0.1) is 0 Å². The molecule has 0 aromatic carbocycles. The lowest BCUT2D eigenvalue weighted by molar-refractivity contribution is 0.266. The van der Waals surface area contributed by atoms with Crippen LogP contribution in [0.3, 0.4) is 0 Å². The maximum Gasteiger partial charge on any atom is 0.139 e. The Balaban J connectivity index is 1.92. The summed E-state index contributed by atoms with van der Waals surface area (Å²) in [6, 6.07) is 6.11. The molecule has 0 radical (unpaired) electrons. The highest BCUT2D eigenvalue weighted by molar-refractivity contribution is 5.75. The lowest BCUT2D eigenvalue weighted by atomic mass is 10.3. The first-order chi connectivity index (χ1) is 7.92. The summed E-state index contributed by atoms with van der Waals surface area (Å²) in [6.45, 7) is 1.58. The number of unbranched alkanes of at least 4 members (excludes halogenated alkanes) is 1. The first kappa shape index (κ1) is 10.6. The Morgan fingerprint density at radius 1 is 1.38 bits per heavy atom. The van der Waals surface area contributed by atoms with Crippen LogP contribution in [0.5, 0.6) is 0 Å². The van der Waals surface area contributed by atoms with Gasteiger partial charge in [-0.25, -0.2) is 4.98 Å². The Hall–Kier alpha value is -1.95. The number of aryl methyl sites for hydroxylation is 1. The summed E-state index contributed by atoms with van der Waals surface area (Å²) in [5.74, 6) is 0. The van der Waals surface area contributed by atoms with Crippen LogP contribution in [0.15, 0.2) is 30.6 Å². The van der Waals surface area contributed by atoms with Gasteiger partial charge in [0.1, 0.15) is 18.4 Å². The number of fused-ring (bicyclic) bond motifs is 1. The number of hydrogen-bond acceptors (Lipinski definition) is 2. The second-order valence-electron chi connectivity index (χ2n) is 3.60. The molecule has 0 N–H and O–H groups in total. The molecule has 0 fully saturated rings. The lowest BCUT2D eigenvalue weighted by Crippen LogP contribution is -1.99. The molecular formula is C13H14N2O. The molecule has 0 unspecified atom stereocenters. The Labute approximate surface area is 95.1 Å². The highest BCUT2D eigenvalue weighted by Crippen LogP contribution is 2.12. The van der Waals surface area contributed by atoms with Crippen LogP contribution in [0.4, 0.5) is 0 Å². The van der Waals surface area contributed by atoms with Gasteiger partial charge >= 0.3 is 0 Å². The molecule has 3 heteroatoms. The van der Waals surface area contributed by atoms with E-state index >= 15 is 0 Å². The SMILES string of the molecule is C#COCCCCn1ccc2cccnc21. The van der Waals surface area contributed by atoms with E-state index in [0.29, 0.717) is 6.61 Å². The molecule has 2 aromatic rings. The van der Waals surface area contributed by atoms with Crippen molar-refractivity contribution in [2.45, 2.75) is 19.4 Å². The predicted octanol–water partition coefficient (Wildman–Crippen LogP) is 2.42. The normalized spacial score (nSPS) is 10.2. The van der Waals surface area contributed by atoms with Crippen molar-refractivity contribution in [3.63, 3.8) is 0 Å². The van der Waals surface area contributed by atoms with Crippen LogP contribution in [-0.2, 0) is 11.3 Å². The van der Waals surface area contributed by atoms with Crippen LogP contribution in [0.1, 0.15) is 12.8 Å².